The number of aliphatic hydroxyl groups is 1. The molecule has 0 aliphatic rings. The van der Waals surface area contributed by atoms with Gasteiger partial charge in [-0.2, -0.15) is 0 Å². The molecule has 0 aromatic rings. The predicted molar refractivity (Wildman–Crippen MR) is 131 cm³/mol. The third-order valence-electron chi connectivity index (χ3n) is 4.39. The first-order valence-corrected chi connectivity index (χ1v) is 11.1. The van der Waals surface area contributed by atoms with Crippen molar-refractivity contribution >= 4 is 41.8 Å². The fourth-order valence-electron chi connectivity index (χ4n) is 2.96. The van der Waals surface area contributed by atoms with E-state index in [1.54, 1.807) is 0 Å². The molecular weight excluding hydrogens is 684 g/mol. The normalized spacial score (nSPS) is 9.57. The van der Waals surface area contributed by atoms with E-state index in [-0.39, 0.29) is 187 Å². The van der Waals surface area contributed by atoms with Crippen molar-refractivity contribution in [1.82, 2.24) is 19.6 Å². The van der Waals surface area contributed by atoms with Crippen LogP contribution in [-0.2, 0) is 50.6 Å². The number of rotatable bonds is 22. The number of carboxylic acids is 7. The minimum absolute atomic E-state index is 0. The molecule has 0 radical (unpaired) electrons. The molecule has 240 valence electrons. The Hall–Kier alpha value is 0.609. The Labute approximate surface area is 357 Å². The molecule has 0 heterocycles. The number of carbonyl (C=O) groups is 7. The van der Waals surface area contributed by atoms with Crippen LogP contribution in [0, 0.1) is 0 Å². The van der Waals surface area contributed by atoms with Crippen LogP contribution in [0.15, 0.2) is 0 Å². The van der Waals surface area contributed by atoms with Crippen LogP contribution in [0.25, 0.3) is 0 Å². The molecular formula is C20H38FeN4Na4O15. The number of nitrogens with zero attached hydrogens (tertiary/aromatic N) is 4. The van der Waals surface area contributed by atoms with Crippen molar-refractivity contribution in [3.05, 3.63) is 0 Å². The van der Waals surface area contributed by atoms with Crippen molar-refractivity contribution in [2.75, 3.05) is 85.1 Å². The minimum Gasteiger partial charge on any atom is -1.00 e. The Morgan fingerprint density at radius 3 is 0.682 bits per heavy atom. The van der Waals surface area contributed by atoms with E-state index in [0.717, 1.165) is 9.80 Å². The maximum Gasteiger partial charge on any atom is 1.00 e. The Bertz CT molecular complexity index is 800. The molecule has 19 nitrogen and oxygen atoms in total. The fraction of sp³-hybridized carbons (Fsp3) is 0.650. The van der Waals surface area contributed by atoms with Crippen LogP contribution >= 0.6 is 0 Å². The molecule has 0 aromatic carbocycles. The summed E-state index contributed by atoms with van der Waals surface area (Å²) in [5.74, 6) is -8.30. The zero-order valence-electron chi connectivity index (χ0n) is 29.3. The molecule has 0 aliphatic heterocycles. The van der Waals surface area contributed by atoms with Gasteiger partial charge in [-0.05, 0) is 0 Å². The maximum absolute atomic E-state index is 10.6. The van der Waals surface area contributed by atoms with Gasteiger partial charge in [-0.25, -0.2) is 0 Å². The van der Waals surface area contributed by atoms with E-state index in [1.165, 1.54) is 9.80 Å². The molecule has 0 aliphatic carbocycles. The molecule has 0 spiro atoms. The van der Waals surface area contributed by atoms with Crippen LogP contribution in [0.3, 0.4) is 0 Å². The van der Waals surface area contributed by atoms with Crippen LogP contribution in [0.4, 0.5) is 0 Å². The van der Waals surface area contributed by atoms with Gasteiger partial charge in [-0.1, -0.05) is 0 Å². The van der Waals surface area contributed by atoms with E-state index in [9.17, 15) is 33.6 Å². The molecule has 0 fully saturated rings. The van der Waals surface area contributed by atoms with Crippen molar-refractivity contribution in [1.29, 1.82) is 0 Å². The van der Waals surface area contributed by atoms with E-state index in [2.05, 4.69) is 0 Å². The van der Waals surface area contributed by atoms with Gasteiger partial charge in [0, 0.05) is 49.8 Å². The van der Waals surface area contributed by atoms with Gasteiger partial charge in [0.2, 0.25) is 0 Å². The summed E-state index contributed by atoms with van der Waals surface area (Å²) in [6, 6.07) is 0. The van der Waals surface area contributed by atoms with E-state index in [0.29, 0.717) is 0 Å². The van der Waals surface area contributed by atoms with Gasteiger partial charge in [0.05, 0.1) is 52.4 Å². The van der Waals surface area contributed by atoms with Crippen molar-refractivity contribution in [2.45, 2.75) is 0 Å². The molecule has 0 rings (SSSR count). The van der Waals surface area contributed by atoms with E-state index >= 15 is 0 Å². The molecule has 8 N–H and O–H groups in total. The van der Waals surface area contributed by atoms with Gasteiger partial charge in [0.25, 0.3) is 0 Å². The molecule has 0 unspecified atom stereocenters. The molecule has 0 bridgehead atoms. The molecule has 0 aromatic heterocycles. The average molecular weight is 722 g/mol. The summed E-state index contributed by atoms with van der Waals surface area (Å²) in [5.41, 5.74) is 0. The zero-order valence-corrected chi connectivity index (χ0v) is 34.4. The Kier molecular flexibility index (Phi) is 49.7. The average Bonchev–Trinajstić information content (AvgIpc) is 2.73. The molecule has 0 saturated heterocycles. The second-order valence-corrected chi connectivity index (χ2v) is 7.89. The second kappa shape index (κ2) is 36.4. The Balaban J connectivity index is -0.0000000534. The first kappa shape index (κ1) is 60.0. The number of hydrogen-bond donors (Lipinski definition) is 8. The molecule has 0 atom stereocenters. The summed E-state index contributed by atoms with van der Waals surface area (Å²) in [7, 11) is 0. The summed E-state index contributed by atoms with van der Waals surface area (Å²) >= 11 is 0. The summed E-state index contributed by atoms with van der Waals surface area (Å²) in [4.78, 5) is 78.6. The van der Waals surface area contributed by atoms with Gasteiger partial charge < -0.3 is 46.6 Å². The third kappa shape index (κ3) is 42.6. The van der Waals surface area contributed by atoms with Crippen molar-refractivity contribution < 1.29 is 215 Å². The number of aliphatic carboxylic acids is 7. The minimum atomic E-state index is -1.23. The SMILES string of the molecule is O=C(O)CN(CCN(CC(=O)O)CC(=O)O)CC(=O)O.O=C(O)CN(CCO)CCN(CC(=O)O)CC(=O)O.[Fe].[H-].[H-].[H-].[H-].[Na+].[Na+].[Na+].[Na+]. The van der Waals surface area contributed by atoms with Gasteiger partial charge in [-0.15, -0.1) is 0 Å². The number of aliphatic hydroxyl groups excluding tert-OH is 1. The van der Waals surface area contributed by atoms with E-state index < -0.39 is 81.1 Å². The van der Waals surface area contributed by atoms with Gasteiger partial charge in [-0.3, -0.25) is 53.2 Å². The zero-order chi connectivity index (χ0) is 30.5. The van der Waals surface area contributed by atoms with Crippen LogP contribution < -0.4 is 118 Å². The molecule has 0 saturated carbocycles. The van der Waals surface area contributed by atoms with Gasteiger partial charge in [0.15, 0.2) is 0 Å². The van der Waals surface area contributed by atoms with E-state index in [1.807, 2.05) is 0 Å². The van der Waals surface area contributed by atoms with Crippen LogP contribution in [0.1, 0.15) is 5.71 Å². The molecule has 44 heavy (non-hydrogen) atoms. The first-order valence-electron chi connectivity index (χ1n) is 11.1. The summed E-state index contributed by atoms with van der Waals surface area (Å²) in [6.07, 6.45) is 0. The topological polar surface area (TPSA) is 294 Å². The Morgan fingerprint density at radius 1 is 0.364 bits per heavy atom. The third-order valence-corrected chi connectivity index (χ3v) is 4.39. The van der Waals surface area contributed by atoms with Gasteiger partial charge in [0.1, 0.15) is 0 Å². The van der Waals surface area contributed by atoms with Gasteiger partial charge >= 0.3 is 160 Å². The van der Waals surface area contributed by atoms with Crippen LogP contribution in [-0.4, -0.2) is 187 Å². The largest absolute Gasteiger partial charge is 1.00 e. The maximum atomic E-state index is 10.6. The predicted octanol–water partition coefficient (Wildman–Crippen LogP) is -15.8. The number of carboxylic acid groups (broad SMARTS) is 7. The summed E-state index contributed by atoms with van der Waals surface area (Å²) in [5, 5.41) is 69.1. The molecule has 24 heteroatoms. The molecule has 0 amide bonds. The fourth-order valence-corrected chi connectivity index (χ4v) is 2.96. The Morgan fingerprint density at radius 2 is 0.523 bits per heavy atom. The van der Waals surface area contributed by atoms with Crippen molar-refractivity contribution in [3.8, 4) is 0 Å². The standard InChI is InChI=1S/C10H16N2O8.C10H18N2O7.Fe.4Na.4H/c13-7(14)3-11(4-8(15)16)1-2-12(5-9(17)18)6-10(19)20;13-4-3-11(5-8(14)15)1-2-12(6-9(16)17)7-10(18)19;;;;;;;;;/h1-6H2,(H,13,14)(H,15,16)(H,17,18)(H,19,20);13H,1-7H2,(H,14,15)(H,16,17)(H,18,19);;;;;;;;;/q;;;4*+1;4*-1. The first-order chi connectivity index (χ1) is 18.0. The summed E-state index contributed by atoms with van der Waals surface area (Å²) in [6.45, 7) is -3.28. The number of hydrogen-bond acceptors (Lipinski definition) is 12. The second-order valence-electron chi connectivity index (χ2n) is 7.89. The van der Waals surface area contributed by atoms with Crippen LogP contribution in [0.2, 0.25) is 0 Å². The smallest absolute Gasteiger partial charge is 1.00 e. The summed E-state index contributed by atoms with van der Waals surface area (Å²) < 4.78 is 0. The monoisotopic (exact) mass is 722 g/mol. The van der Waals surface area contributed by atoms with E-state index in [4.69, 9.17) is 40.9 Å². The van der Waals surface area contributed by atoms with Crippen molar-refractivity contribution in [3.63, 3.8) is 0 Å². The van der Waals surface area contributed by atoms with Crippen molar-refractivity contribution in [2.24, 2.45) is 0 Å². The van der Waals surface area contributed by atoms with Crippen LogP contribution in [0.5, 0.6) is 0 Å². The quantitative estimate of drug-likeness (QED) is 0.0481.